The van der Waals surface area contributed by atoms with Crippen LogP contribution in [0.2, 0.25) is 0 Å². The Labute approximate surface area is 53.5 Å². The smallest absolute Gasteiger partial charge is 0.120 e. The van der Waals surface area contributed by atoms with E-state index in [9.17, 15) is 4.79 Å². The lowest BCUT2D eigenvalue weighted by Crippen LogP contribution is -1.94. The molecule has 0 fully saturated rings. The molecule has 0 bridgehead atoms. The fraction of sp³-hybridized carbons (Fsp3) is 0.800. The first-order chi connectivity index (χ1) is 3.81. The van der Waals surface area contributed by atoms with E-state index in [2.05, 4.69) is 0 Å². The minimum Gasteiger partial charge on any atom is -0.330 e. The molecule has 0 aromatic heterocycles. The largest absolute Gasteiger partial charge is 0.330 e. The molecule has 2 nitrogen and oxygen atoms in total. The van der Waals surface area contributed by atoms with Crippen molar-refractivity contribution in [2.45, 2.75) is 25.0 Å². The maximum atomic E-state index is 9.73. The van der Waals surface area contributed by atoms with E-state index >= 15 is 0 Å². The van der Waals surface area contributed by atoms with Gasteiger partial charge in [-0.3, -0.25) is 0 Å². The zero-order valence-electron chi connectivity index (χ0n) is 4.83. The summed E-state index contributed by atoms with van der Waals surface area (Å²) in [7, 11) is 0. The van der Waals surface area contributed by atoms with Crippen molar-refractivity contribution in [3.63, 3.8) is 0 Å². The summed E-state index contributed by atoms with van der Waals surface area (Å²) < 4.78 is 8.36. The Kier molecular flexibility index (Phi) is 5.11. The monoisotopic (exact) mass is 134 g/mol. The first-order valence-corrected chi connectivity index (χ1v) is 3.38. The van der Waals surface area contributed by atoms with E-state index in [1.807, 2.05) is 6.92 Å². The van der Waals surface area contributed by atoms with Gasteiger partial charge < -0.3 is 9.35 Å². The average Bonchev–Trinajstić information content (AvgIpc) is 1.83. The summed E-state index contributed by atoms with van der Waals surface area (Å²) in [6, 6.07) is 0. The lowest BCUT2D eigenvalue weighted by atomic mass is 10.3. The van der Waals surface area contributed by atoms with Gasteiger partial charge in [-0.1, -0.05) is 6.92 Å². The standard InChI is InChI=1S/C5H10O2S/c1-5(8-7)3-2-4-6/h4-5,7H,2-3H2,1H3. The van der Waals surface area contributed by atoms with Crippen molar-refractivity contribution < 1.29 is 9.35 Å². The van der Waals surface area contributed by atoms with Crippen LogP contribution in [0.25, 0.3) is 0 Å². The summed E-state index contributed by atoms with van der Waals surface area (Å²) >= 11 is 0.806. The van der Waals surface area contributed by atoms with Gasteiger partial charge in [0.15, 0.2) is 0 Å². The molecule has 0 saturated heterocycles. The highest BCUT2D eigenvalue weighted by molar-refractivity contribution is 7.94. The van der Waals surface area contributed by atoms with Crippen molar-refractivity contribution in [1.29, 1.82) is 0 Å². The molecule has 1 unspecified atom stereocenters. The molecule has 0 spiro atoms. The molecule has 48 valence electrons. The number of hydrogen-bond donors (Lipinski definition) is 1. The minimum atomic E-state index is 0.195. The van der Waals surface area contributed by atoms with Gasteiger partial charge in [0.05, 0.1) is 0 Å². The molecule has 0 amide bonds. The summed E-state index contributed by atoms with van der Waals surface area (Å²) in [5.41, 5.74) is 0. The van der Waals surface area contributed by atoms with E-state index in [-0.39, 0.29) is 5.25 Å². The highest BCUT2D eigenvalue weighted by atomic mass is 32.2. The SMILES string of the molecule is CC(CCC=O)SO. The van der Waals surface area contributed by atoms with Crippen molar-refractivity contribution in [3.05, 3.63) is 0 Å². The van der Waals surface area contributed by atoms with Gasteiger partial charge in [-0.2, -0.15) is 0 Å². The Bertz CT molecular complexity index is 65.4. The third kappa shape index (κ3) is 4.15. The van der Waals surface area contributed by atoms with Crippen LogP contribution in [-0.2, 0) is 4.79 Å². The van der Waals surface area contributed by atoms with Crippen molar-refractivity contribution in [1.82, 2.24) is 0 Å². The topological polar surface area (TPSA) is 37.3 Å². The van der Waals surface area contributed by atoms with Gasteiger partial charge in [-0.05, 0) is 18.5 Å². The predicted octanol–water partition coefficient (Wildman–Crippen LogP) is 1.56. The molecule has 0 aromatic carbocycles. The van der Waals surface area contributed by atoms with E-state index in [1.165, 1.54) is 0 Å². The Balaban J connectivity index is 2.97. The Hall–Kier alpha value is -0.0200. The molecule has 0 aliphatic heterocycles. The van der Waals surface area contributed by atoms with Crippen LogP contribution >= 0.6 is 12.0 Å². The van der Waals surface area contributed by atoms with Crippen LogP contribution in [0, 0.1) is 0 Å². The molecule has 0 rings (SSSR count). The van der Waals surface area contributed by atoms with Crippen molar-refractivity contribution in [3.8, 4) is 0 Å². The van der Waals surface area contributed by atoms with Crippen molar-refractivity contribution >= 4 is 18.3 Å². The molecular weight excluding hydrogens is 124 g/mol. The summed E-state index contributed by atoms with van der Waals surface area (Å²) in [6.45, 7) is 1.88. The first-order valence-electron chi connectivity index (χ1n) is 2.55. The second-order valence-electron chi connectivity index (χ2n) is 1.66. The number of carbonyl (C=O) groups excluding carboxylic acids is 1. The van der Waals surface area contributed by atoms with Gasteiger partial charge in [-0.15, -0.1) is 0 Å². The molecule has 0 saturated carbocycles. The maximum Gasteiger partial charge on any atom is 0.120 e. The fourth-order valence-electron chi connectivity index (χ4n) is 0.355. The molecule has 3 heteroatoms. The van der Waals surface area contributed by atoms with Crippen LogP contribution in [0.15, 0.2) is 0 Å². The Morgan fingerprint density at radius 1 is 1.88 bits per heavy atom. The van der Waals surface area contributed by atoms with E-state index in [0.717, 1.165) is 24.7 Å². The van der Waals surface area contributed by atoms with E-state index in [0.29, 0.717) is 6.42 Å². The molecule has 0 aliphatic rings. The fourth-order valence-corrected chi connectivity index (χ4v) is 0.597. The molecule has 0 aromatic rings. The van der Waals surface area contributed by atoms with Crippen LogP contribution in [-0.4, -0.2) is 16.1 Å². The van der Waals surface area contributed by atoms with Crippen LogP contribution in [0.5, 0.6) is 0 Å². The third-order valence-electron chi connectivity index (χ3n) is 0.871. The normalized spacial score (nSPS) is 13.2. The van der Waals surface area contributed by atoms with Gasteiger partial charge >= 0.3 is 0 Å². The summed E-state index contributed by atoms with van der Waals surface area (Å²) in [5, 5.41) is 0.195. The molecule has 1 N–H and O–H groups in total. The van der Waals surface area contributed by atoms with Gasteiger partial charge in [-0.25, -0.2) is 0 Å². The summed E-state index contributed by atoms with van der Waals surface area (Å²) in [5.74, 6) is 0. The highest BCUT2D eigenvalue weighted by Crippen LogP contribution is 2.09. The van der Waals surface area contributed by atoms with Gasteiger partial charge in [0, 0.05) is 11.7 Å². The van der Waals surface area contributed by atoms with Crippen molar-refractivity contribution in [2.75, 3.05) is 0 Å². The number of rotatable bonds is 4. The molecule has 0 heterocycles. The summed E-state index contributed by atoms with van der Waals surface area (Å²) in [6.07, 6.45) is 2.19. The van der Waals surface area contributed by atoms with E-state index < -0.39 is 0 Å². The third-order valence-corrected chi connectivity index (χ3v) is 1.47. The predicted molar refractivity (Wildman–Crippen MR) is 35.0 cm³/mol. The quantitative estimate of drug-likeness (QED) is 0.468. The maximum absolute atomic E-state index is 9.73. The van der Waals surface area contributed by atoms with Crippen LogP contribution in [0.1, 0.15) is 19.8 Å². The lowest BCUT2D eigenvalue weighted by molar-refractivity contribution is -0.107. The highest BCUT2D eigenvalue weighted by Gasteiger charge is 1.97. The molecule has 8 heavy (non-hydrogen) atoms. The molecular formula is C5H10O2S. The molecule has 0 radical (unpaired) electrons. The number of hydrogen-bond acceptors (Lipinski definition) is 3. The van der Waals surface area contributed by atoms with Crippen molar-refractivity contribution in [2.24, 2.45) is 0 Å². The molecule has 0 aliphatic carbocycles. The minimum absolute atomic E-state index is 0.195. The van der Waals surface area contributed by atoms with Crippen LogP contribution in [0.3, 0.4) is 0 Å². The molecule has 1 atom stereocenters. The Morgan fingerprint density at radius 2 is 2.50 bits per heavy atom. The number of aldehydes is 1. The van der Waals surface area contributed by atoms with E-state index in [4.69, 9.17) is 4.55 Å². The van der Waals surface area contributed by atoms with Gasteiger partial charge in [0.2, 0.25) is 0 Å². The lowest BCUT2D eigenvalue weighted by Gasteiger charge is -1.99. The first kappa shape index (κ1) is 7.98. The van der Waals surface area contributed by atoms with Gasteiger partial charge in [0.25, 0.3) is 0 Å². The average molecular weight is 134 g/mol. The zero-order valence-corrected chi connectivity index (χ0v) is 5.65. The summed E-state index contributed by atoms with van der Waals surface area (Å²) in [4.78, 5) is 9.73. The zero-order chi connectivity index (χ0) is 6.41. The second kappa shape index (κ2) is 5.12. The van der Waals surface area contributed by atoms with E-state index in [1.54, 1.807) is 0 Å². The number of carbonyl (C=O) groups is 1. The van der Waals surface area contributed by atoms with Crippen LogP contribution < -0.4 is 0 Å². The van der Waals surface area contributed by atoms with Crippen LogP contribution in [0.4, 0.5) is 0 Å². The second-order valence-corrected chi connectivity index (χ2v) is 2.68. The Morgan fingerprint density at radius 3 is 2.88 bits per heavy atom. The van der Waals surface area contributed by atoms with Gasteiger partial charge in [0.1, 0.15) is 6.29 Å².